The Kier molecular flexibility index (Phi) is 4.61. The highest BCUT2D eigenvalue weighted by Crippen LogP contribution is 2.19. The Balaban J connectivity index is 1.93. The molecule has 0 saturated carbocycles. The third kappa shape index (κ3) is 3.71. The van der Waals surface area contributed by atoms with Crippen molar-refractivity contribution < 1.29 is 13.2 Å². The summed E-state index contributed by atoms with van der Waals surface area (Å²) in [5.41, 5.74) is 0.434. The summed E-state index contributed by atoms with van der Waals surface area (Å²) in [4.78, 5) is 13.8. The van der Waals surface area contributed by atoms with E-state index in [1.807, 2.05) is 4.90 Å². The van der Waals surface area contributed by atoms with E-state index >= 15 is 0 Å². The van der Waals surface area contributed by atoms with Crippen LogP contribution in [0.15, 0.2) is 29.2 Å². The molecule has 0 spiro atoms. The highest BCUT2D eigenvalue weighted by molar-refractivity contribution is 7.89. The molecule has 1 amide bonds. The van der Waals surface area contributed by atoms with Gasteiger partial charge in [-0.1, -0.05) is 12.1 Å². The van der Waals surface area contributed by atoms with E-state index in [1.165, 1.54) is 6.07 Å². The highest BCUT2D eigenvalue weighted by Gasteiger charge is 2.18. The fourth-order valence-corrected chi connectivity index (χ4v) is 3.00. The zero-order valence-electron chi connectivity index (χ0n) is 11.2. The maximum atomic E-state index is 11.9. The van der Waals surface area contributed by atoms with Crippen LogP contribution in [0.2, 0.25) is 0 Å². The predicted molar refractivity (Wildman–Crippen MR) is 76.7 cm³/mol. The minimum Gasteiger partial charge on any atom is -0.383 e. The first-order valence-electron chi connectivity index (χ1n) is 6.62. The van der Waals surface area contributed by atoms with Crippen LogP contribution in [0.3, 0.4) is 0 Å². The molecule has 1 saturated heterocycles. The Morgan fingerprint density at radius 3 is 2.55 bits per heavy atom. The fourth-order valence-electron chi connectivity index (χ4n) is 2.29. The lowest BCUT2D eigenvalue weighted by atomic mass is 10.3. The second-order valence-electron chi connectivity index (χ2n) is 4.81. The van der Waals surface area contributed by atoms with Crippen LogP contribution in [0.5, 0.6) is 0 Å². The molecule has 3 N–H and O–H groups in total. The standard InChI is InChI=1S/C13H19N3O3S/c14-20(18,19)12-6-2-1-5-11(12)15-8-7-13(17)16-9-3-4-10-16/h1-2,5-6,15H,3-4,7-10H2,(H2,14,18,19). The molecule has 0 radical (unpaired) electrons. The number of amides is 1. The zero-order valence-corrected chi connectivity index (χ0v) is 12.0. The number of carbonyl (C=O) groups excluding carboxylic acids is 1. The molecule has 110 valence electrons. The van der Waals surface area contributed by atoms with E-state index in [0.717, 1.165) is 25.9 Å². The van der Waals surface area contributed by atoms with Gasteiger partial charge in [0.15, 0.2) is 0 Å². The molecule has 6 nitrogen and oxygen atoms in total. The van der Waals surface area contributed by atoms with Gasteiger partial charge in [-0.2, -0.15) is 0 Å². The number of carbonyl (C=O) groups is 1. The molecule has 2 rings (SSSR count). The van der Waals surface area contributed by atoms with Gasteiger partial charge in [-0.25, -0.2) is 13.6 Å². The van der Waals surface area contributed by atoms with Gasteiger partial charge in [-0.05, 0) is 25.0 Å². The number of benzene rings is 1. The van der Waals surface area contributed by atoms with Crippen LogP contribution in [0.25, 0.3) is 0 Å². The maximum Gasteiger partial charge on any atom is 0.240 e. The van der Waals surface area contributed by atoms with Crippen LogP contribution in [0.1, 0.15) is 19.3 Å². The monoisotopic (exact) mass is 297 g/mol. The molecule has 1 aliphatic heterocycles. The van der Waals surface area contributed by atoms with Crippen LogP contribution >= 0.6 is 0 Å². The molecule has 0 aromatic heterocycles. The summed E-state index contributed by atoms with van der Waals surface area (Å²) < 4.78 is 22.8. The fraction of sp³-hybridized carbons (Fsp3) is 0.462. The van der Waals surface area contributed by atoms with Crippen LogP contribution in [-0.2, 0) is 14.8 Å². The van der Waals surface area contributed by atoms with Crippen molar-refractivity contribution in [1.82, 2.24) is 4.90 Å². The van der Waals surface area contributed by atoms with Crippen molar-refractivity contribution in [1.29, 1.82) is 0 Å². The zero-order chi connectivity index (χ0) is 14.6. The molecule has 0 bridgehead atoms. The summed E-state index contributed by atoms with van der Waals surface area (Å²) in [5.74, 6) is 0.100. The van der Waals surface area contributed by atoms with Gasteiger partial charge in [0.2, 0.25) is 15.9 Å². The maximum absolute atomic E-state index is 11.9. The Labute approximate surface area is 119 Å². The number of primary sulfonamides is 1. The molecule has 0 aliphatic carbocycles. The normalized spacial score (nSPS) is 15.3. The Morgan fingerprint density at radius 1 is 1.25 bits per heavy atom. The number of nitrogens with two attached hydrogens (primary N) is 1. The largest absolute Gasteiger partial charge is 0.383 e. The lowest BCUT2D eigenvalue weighted by Crippen LogP contribution is -2.29. The Morgan fingerprint density at radius 2 is 1.90 bits per heavy atom. The van der Waals surface area contributed by atoms with Crippen molar-refractivity contribution in [2.24, 2.45) is 5.14 Å². The lowest BCUT2D eigenvalue weighted by molar-refractivity contribution is -0.129. The molecule has 1 aromatic carbocycles. The summed E-state index contributed by atoms with van der Waals surface area (Å²) in [5, 5.41) is 8.11. The van der Waals surface area contributed by atoms with Gasteiger partial charge >= 0.3 is 0 Å². The Bertz CT molecular complexity index is 580. The van der Waals surface area contributed by atoms with E-state index < -0.39 is 10.0 Å². The molecule has 20 heavy (non-hydrogen) atoms. The van der Waals surface area contributed by atoms with Gasteiger partial charge < -0.3 is 10.2 Å². The minimum absolute atomic E-state index is 0.0496. The molecule has 0 atom stereocenters. The van der Waals surface area contributed by atoms with Crippen LogP contribution < -0.4 is 10.5 Å². The van der Waals surface area contributed by atoms with Gasteiger partial charge in [-0.3, -0.25) is 4.79 Å². The first-order chi connectivity index (χ1) is 9.48. The average molecular weight is 297 g/mol. The van der Waals surface area contributed by atoms with Gasteiger partial charge in [0.25, 0.3) is 0 Å². The van der Waals surface area contributed by atoms with E-state index in [2.05, 4.69) is 5.32 Å². The Hall–Kier alpha value is -1.60. The predicted octanol–water partition coefficient (Wildman–Crippen LogP) is 0.758. The van der Waals surface area contributed by atoms with Crippen molar-refractivity contribution in [3.63, 3.8) is 0 Å². The van der Waals surface area contributed by atoms with E-state index in [-0.39, 0.29) is 10.8 Å². The third-order valence-corrected chi connectivity index (χ3v) is 4.28. The quantitative estimate of drug-likeness (QED) is 0.839. The smallest absolute Gasteiger partial charge is 0.240 e. The van der Waals surface area contributed by atoms with Gasteiger partial charge in [-0.15, -0.1) is 0 Å². The SMILES string of the molecule is NS(=O)(=O)c1ccccc1NCCC(=O)N1CCCC1. The molecule has 1 fully saturated rings. The number of para-hydroxylation sites is 1. The summed E-state index contributed by atoms with van der Waals surface area (Å²) in [6.45, 7) is 2.04. The first-order valence-corrected chi connectivity index (χ1v) is 8.16. The second-order valence-corrected chi connectivity index (χ2v) is 6.34. The van der Waals surface area contributed by atoms with Crippen molar-refractivity contribution in [3.8, 4) is 0 Å². The van der Waals surface area contributed by atoms with Crippen LogP contribution in [0, 0.1) is 0 Å². The van der Waals surface area contributed by atoms with Crippen molar-refractivity contribution in [2.45, 2.75) is 24.2 Å². The summed E-state index contributed by atoms with van der Waals surface area (Å²) >= 11 is 0. The number of hydrogen-bond donors (Lipinski definition) is 2. The number of anilines is 1. The molecule has 1 aromatic rings. The number of nitrogens with zero attached hydrogens (tertiary/aromatic N) is 1. The molecule has 0 unspecified atom stereocenters. The summed E-state index contributed by atoms with van der Waals surface area (Å²) in [6, 6.07) is 6.42. The lowest BCUT2D eigenvalue weighted by Gasteiger charge is -2.16. The van der Waals surface area contributed by atoms with E-state index in [0.29, 0.717) is 18.7 Å². The van der Waals surface area contributed by atoms with Gasteiger partial charge in [0.1, 0.15) is 4.90 Å². The summed E-state index contributed by atoms with van der Waals surface area (Å²) in [7, 11) is -3.76. The highest BCUT2D eigenvalue weighted by atomic mass is 32.2. The van der Waals surface area contributed by atoms with Crippen LogP contribution in [-0.4, -0.2) is 38.9 Å². The van der Waals surface area contributed by atoms with Crippen molar-refractivity contribution in [2.75, 3.05) is 25.0 Å². The average Bonchev–Trinajstić information content (AvgIpc) is 2.92. The molecule has 1 aliphatic rings. The third-order valence-electron chi connectivity index (χ3n) is 3.31. The molecular weight excluding hydrogens is 278 g/mol. The van der Waals surface area contributed by atoms with Gasteiger partial charge in [0.05, 0.1) is 5.69 Å². The first kappa shape index (κ1) is 14.8. The van der Waals surface area contributed by atoms with Crippen molar-refractivity contribution in [3.05, 3.63) is 24.3 Å². The summed E-state index contributed by atoms with van der Waals surface area (Å²) in [6.07, 6.45) is 2.47. The van der Waals surface area contributed by atoms with Crippen LogP contribution in [0.4, 0.5) is 5.69 Å². The van der Waals surface area contributed by atoms with E-state index in [9.17, 15) is 13.2 Å². The molecule has 7 heteroatoms. The van der Waals surface area contributed by atoms with Crippen molar-refractivity contribution >= 4 is 21.6 Å². The number of likely N-dealkylation sites (tertiary alicyclic amines) is 1. The van der Waals surface area contributed by atoms with E-state index in [4.69, 9.17) is 5.14 Å². The topological polar surface area (TPSA) is 92.5 Å². The molecule has 1 heterocycles. The second kappa shape index (κ2) is 6.23. The number of hydrogen-bond acceptors (Lipinski definition) is 4. The number of sulfonamides is 1. The molecular formula is C13H19N3O3S. The van der Waals surface area contributed by atoms with E-state index in [1.54, 1.807) is 18.2 Å². The number of nitrogens with one attached hydrogen (secondary N) is 1. The minimum atomic E-state index is -3.76. The van der Waals surface area contributed by atoms with Gasteiger partial charge in [0, 0.05) is 26.1 Å². The number of rotatable bonds is 5.